The van der Waals surface area contributed by atoms with E-state index in [-0.39, 0.29) is 22.9 Å². The number of amides is 1. The number of phenolic OH excluding ortho intramolecular Hbond substituents is 1. The number of nitrogens with one attached hydrogen (secondary N) is 1. The van der Waals surface area contributed by atoms with Crippen LogP contribution in [0.1, 0.15) is 22.8 Å². The minimum Gasteiger partial charge on any atom is -0.507 e. The Kier molecular flexibility index (Phi) is 3.80. The van der Waals surface area contributed by atoms with Gasteiger partial charge < -0.3 is 15.2 Å². The minimum absolute atomic E-state index is 0.0600. The van der Waals surface area contributed by atoms with Gasteiger partial charge >= 0.3 is 0 Å². The molecule has 3 aromatic rings. The van der Waals surface area contributed by atoms with Gasteiger partial charge in [0.1, 0.15) is 5.75 Å². The van der Waals surface area contributed by atoms with Crippen molar-refractivity contribution in [3.63, 3.8) is 0 Å². The second-order valence-corrected chi connectivity index (χ2v) is 5.08. The van der Waals surface area contributed by atoms with Crippen LogP contribution in [-0.2, 0) is 6.42 Å². The highest BCUT2D eigenvalue weighted by atomic mass is 16.3. The van der Waals surface area contributed by atoms with Gasteiger partial charge in [-0.05, 0) is 36.2 Å². The number of phenols is 1. The van der Waals surface area contributed by atoms with Crippen LogP contribution in [0, 0.1) is 0 Å². The number of aromatic hydroxyl groups is 2. The molecule has 0 aliphatic carbocycles. The fourth-order valence-corrected chi connectivity index (χ4v) is 2.34. The van der Waals surface area contributed by atoms with Crippen LogP contribution in [0.5, 0.6) is 11.6 Å². The smallest absolute Gasteiger partial charge is 0.299 e. The Hall–Kier alpha value is -3.15. The van der Waals surface area contributed by atoms with Crippen LogP contribution in [0.3, 0.4) is 0 Å². The van der Waals surface area contributed by atoms with Crippen LogP contribution < -0.4 is 0 Å². The van der Waals surface area contributed by atoms with Crippen molar-refractivity contribution in [2.24, 2.45) is 10.2 Å². The van der Waals surface area contributed by atoms with Gasteiger partial charge in [-0.1, -0.05) is 25.1 Å². The fourth-order valence-electron chi connectivity index (χ4n) is 2.34. The Balaban J connectivity index is 1.99. The standard InChI is InChI=1S/C17H15N3O3/c1-2-10-7-8-13-12(9-10)15(17(23)18-13)19-20-16(22)11-5-3-4-6-14(11)21/h3-9,18,21,23H,2H2,1H3. The zero-order valence-corrected chi connectivity index (χ0v) is 12.4. The molecule has 2 aromatic carbocycles. The topological polar surface area (TPSA) is 98.0 Å². The average Bonchev–Trinajstić information content (AvgIpc) is 2.87. The first-order chi connectivity index (χ1) is 11.1. The van der Waals surface area contributed by atoms with Crippen LogP contribution in [0.4, 0.5) is 5.69 Å². The lowest BCUT2D eigenvalue weighted by Crippen LogP contribution is -1.93. The summed E-state index contributed by atoms with van der Waals surface area (Å²) in [7, 11) is 0. The Labute approximate surface area is 132 Å². The van der Waals surface area contributed by atoms with Crippen LogP contribution >= 0.6 is 0 Å². The second kappa shape index (κ2) is 5.92. The van der Waals surface area contributed by atoms with Crippen molar-refractivity contribution in [2.45, 2.75) is 13.3 Å². The van der Waals surface area contributed by atoms with Crippen LogP contribution in [0.2, 0.25) is 0 Å². The summed E-state index contributed by atoms with van der Waals surface area (Å²) < 4.78 is 0. The van der Waals surface area contributed by atoms with Gasteiger partial charge in [0.15, 0.2) is 5.69 Å². The zero-order chi connectivity index (χ0) is 16.4. The lowest BCUT2D eigenvalue weighted by Gasteiger charge is -1.98. The Morgan fingerprint density at radius 2 is 1.96 bits per heavy atom. The number of azo groups is 1. The quantitative estimate of drug-likeness (QED) is 0.636. The molecule has 0 bridgehead atoms. The number of hydrogen-bond acceptors (Lipinski definition) is 4. The highest BCUT2D eigenvalue weighted by Crippen LogP contribution is 2.36. The van der Waals surface area contributed by atoms with E-state index in [0.29, 0.717) is 10.9 Å². The number of aromatic amines is 1. The number of para-hydroxylation sites is 1. The highest BCUT2D eigenvalue weighted by molar-refractivity contribution is 5.98. The zero-order valence-electron chi connectivity index (χ0n) is 12.4. The van der Waals surface area contributed by atoms with E-state index >= 15 is 0 Å². The molecule has 0 fully saturated rings. The van der Waals surface area contributed by atoms with Crippen LogP contribution in [-0.4, -0.2) is 21.1 Å². The average molecular weight is 309 g/mol. The van der Waals surface area contributed by atoms with Crippen molar-refractivity contribution < 1.29 is 15.0 Å². The van der Waals surface area contributed by atoms with E-state index in [4.69, 9.17) is 0 Å². The second-order valence-electron chi connectivity index (χ2n) is 5.08. The SMILES string of the molecule is CCc1ccc2[nH]c(O)c(N=NC(=O)c3ccccc3O)c2c1. The number of hydrogen-bond donors (Lipinski definition) is 3. The molecule has 0 saturated heterocycles. The summed E-state index contributed by atoms with van der Waals surface area (Å²) in [4.78, 5) is 14.8. The fraction of sp³-hybridized carbons (Fsp3) is 0.118. The summed E-state index contributed by atoms with van der Waals surface area (Å²) in [5.41, 5.74) is 2.06. The monoisotopic (exact) mass is 309 g/mol. The van der Waals surface area contributed by atoms with Gasteiger partial charge in [0.05, 0.1) is 11.1 Å². The molecule has 3 N–H and O–H groups in total. The number of nitrogens with zero attached hydrogens (tertiary/aromatic N) is 2. The van der Waals surface area contributed by atoms with E-state index in [1.165, 1.54) is 12.1 Å². The number of rotatable bonds is 3. The van der Waals surface area contributed by atoms with Gasteiger partial charge in [0.2, 0.25) is 5.88 Å². The highest BCUT2D eigenvalue weighted by Gasteiger charge is 2.13. The summed E-state index contributed by atoms with van der Waals surface area (Å²) in [5.74, 6) is -0.988. The summed E-state index contributed by atoms with van der Waals surface area (Å²) in [6.07, 6.45) is 0.843. The number of carbonyl (C=O) groups is 1. The molecule has 116 valence electrons. The molecule has 1 heterocycles. The van der Waals surface area contributed by atoms with Crippen molar-refractivity contribution in [3.8, 4) is 11.6 Å². The largest absolute Gasteiger partial charge is 0.507 e. The van der Waals surface area contributed by atoms with E-state index in [9.17, 15) is 15.0 Å². The molecule has 3 rings (SSSR count). The number of aryl methyl sites for hydroxylation is 1. The molecule has 0 unspecified atom stereocenters. The number of fused-ring (bicyclic) bond motifs is 1. The van der Waals surface area contributed by atoms with Gasteiger partial charge in [-0.3, -0.25) is 4.79 Å². The third-order valence-electron chi connectivity index (χ3n) is 3.60. The molecule has 1 aromatic heterocycles. The molecule has 6 nitrogen and oxygen atoms in total. The molecule has 0 atom stereocenters. The van der Waals surface area contributed by atoms with Crippen molar-refractivity contribution >= 4 is 22.5 Å². The van der Waals surface area contributed by atoms with Crippen molar-refractivity contribution in [3.05, 3.63) is 53.6 Å². The maximum Gasteiger partial charge on any atom is 0.299 e. The summed E-state index contributed by atoms with van der Waals surface area (Å²) in [6.45, 7) is 2.02. The molecule has 0 radical (unpaired) electrons. The van der Waals surface area contributed by atoms with E-state index in [1.807, 2.05) is 25.1 Å². The van der Waals surface area contributed by atoms with Crippen molar-refractivity contribution in [2.75, 3.05) is 0 Å². The molecule has 0 saturated carbocycles. The van der Waals surface area contributed by atoms with Gasteiger partial charge in [-0.2, -0.15) is 0 Å². The van der Waals surface area contributed by atoms with Gasteiger partial charge in [-0.15, -0.1) is 10.2 Å². The van der Waals surface area contributed by atoms with E-state index in [2.05, 4.69) is 15.2 Å². The predicted molar refractivity (Wildman–Crippen MR) is 86.3 cm³/mol. The third kappa shape index (κ3) is 2.78. The molecular weight excluding hydrogens is 294 g/mol. The number of H-pyrrole nitrogens is 1. The minimum atomic E-state index is -0.677. The maximum atomic E-state index is 12.0. The molecule has 0 spiro atoms. The lowest BCUT2D eigenvalue weighted by molar-refractivity contribution is 0.0992. The maximum absolute atomic E-state index is 12.0. The van der Waals surface area contributed by atoms with Crippen molar-refractivity contribution in [1.29, 1.82) is 0 Å². The van der Waals surface area contributed by atoms with Gasteiger partial charge in [0.25, 0.3) is 5.91 Å². The number of aromatic nitrogens is 1. The molecule has 6 heteroatoms. The predicted octanol–water partition coefficient (Wildman–Crippen LogP) is 4.07. The first kappa shape index (κ1) is 14.8. The summed E-state index contributed by atoms with van der Waals surface area (Å²) in [5, 5.41) is 27.8. The van der Waals surface area contributed by atoms with E-state index in [1.54, 1.807) is 12.1 Å². The molecule has 0 aliphatic rings. The van der Waals surface area contributed by atoms with Crippen LogP contribution in [0.15, 0.2) is 52.7 Å². The van der Waals surface area contributed by atoms with Crippen molar-refractivity contribution in [1.82, 2.24) is 4.98 Å². The lowest BCUT2D eigenvalue weighted by atomic mass is 10.1. The number of carbonyl (C=O) groups excluding carboxylic acids is 1. The third-order valence-corrected chi connectivity index (χ3v) is 3.60. The molecule has 23 heavy (non-hydrogen) atoms. The number of benzene rings is 2. The Morgan fingerprint density at radius 3 is 2.70 bits per heavy atom. The molecular formula is C17H15N3O3. The Bertz CT molecular complexity index is 913. The van der Waals surface area contributed by atoms with E-state index in [0.717, 1.165) is 12.0 Å². The first-order valence-corrected chi connectivity index (χ1v) is 7.17. The van der Waals surface area contributed by atoms with Gasteiger partial charge in [-0.25, -0.2) is 0 Å². The van der Waals surface area contributed by atoms with Gasteiger partial charge in [0, 0.05) is 5.39 Å². The van der Waals surface area contributed by atoms with E-state index < -0.39 is 5.91 Å². The normalized spacial score (nSPS) is 11.3. The molecule has 1 amide bonds. The molecule has 0 aliphatic heterocycles. The van der Waals surface area contributed by atoms with Crippen LogP contribution in [0.25, 0.3) is 10.9 Å². The first-order valence-electron chi connectivity index (χ1n) is 7.17. The summed E-state index contributed by atoms with van der Waals surface area (Å²) >= 11 is 0. The Morgan fingerprint density at radius 1 is 1.17 bits per heavy atom. The summed E-state index contributed by atoms with van der Waals surface area (Å²) in [6, 6.07) is 11.8.